The van der Waals surface area contributed by atoms with Crippen molar-refractivity contribution in [1.82, 2.24) is 0 Å². The number of rotatable bonds is 0. The summed E-state index contributed by atoms with van der Waals surface area (Å²) < 4.78 is 0. The zero-order valence-electron chi connectivity index (χ0n) is 22.7. The van der Waals surface area contributed by atoms with Crippen LogP contribution in [0.5, 0.6) is 0 Å². The highest BCUT2D eigenvalue weighted by Crippen LogP contribution is 2.16. The lowest BCUT2D eigenvalue weighted by Crippen LogP contribution is -1.90. The average molecular weight is 527 g/mol. The van der Waals surface area contributed by atoms with Gasteiger partial charge in [0, 0.05) is 72.2 Å². The van der Waals surface area contributed by atoms with E-state index in [1.165, 1.54) is 0 Å². The summed E-state index contributed by atoms with van der Waals surface area (Å²) in [6.45, 7) is 24.5. The van der Waals surface area contributed by atoms with Crippen LogP contribution < -0.4 is 0 Å². The topological polar surface area (TPSA) is 0 Å². The predicted molar refractivity (Wildman–Crippen MR) is 170 cm³/mol. The molecule has 0 aliphatic heterocycles. The van der Waals surface area contributed by atoms with Crippen LogP contribution in [-0.4, -0.2) is 0 Å². The van der Waals surface area contributed by atoms with E-state index in [0.717, 1.165) is 33.4 Å². The van der Waals surface area contributed by atoms with Crippen molar-refractivity contribution in [2.24, 2.45) is 0 Å². The van der Waals surface area contributed by atoms with Crippen molar-refractivity contribution in [2.45, 2.75) is 0 Å². The van der Waals surface area contributed by atoms with Gasteiger partial charge in [-0.2, -0.15) is 0 Å². The second-order valence-electron chi connectivity index (χ2n) is 9.36. The van der Waals surface area contributed by atoms with Crippen LogP contribution in [0, 0.1) is 75.1 Å². The maximum Gasteiger partial charge on any atom is 0.0288 e. The first kappa shape index (κ1) is 27.9. The molecule has 42 heavy (non-hydrogen) atoms. The van der Waals surface area contributed by atoms with Crippen LogP contribution in [0.25, 0.3) is 0 Å². The monoisotopic (exact) mass is 526 g/mol. The molecule has 190 valence electrons. The molecule has 0 heterocycles. The van der Waals surface area contributed by atoms with Crippen LogP contribution in [-0.2, 0) is 0 Å². The maximum absolute atomic E-state index is 6.29. The average Bonchev–Trinajstić information content (AvgIpc) is 3.01. The van der Waals surface area contributed by atoms with Gasteiger partial charge < -0.3 is 0 Å². The fraction of sp³-hybridized carbons (Fsp3) is 0. The summed E-state index contributed by atoms with van der Waals surface area (Å²) in [6, 6.07) is 33.9. The second kappa shape index (κ2) is 13.1. The van der Waals surface area contributed by atoms with Crippen molar-refractivity contribution in [1.29, 1.82) is 0 Å². The van der Waals surface area contributed by atoms with E-state index in [1.54, 1.807) is 12.1 Å². The van der Waals surface area contributed by atoms with Crippen molar-refractivity contribution in [3.05, 3.63) is 204 Å². The third-order valence-electron chi connectivity index (χ3n) is 6.28. The van der Waals surface area contributed by atoms with Gasteiger partial charge >= 0.3 is 0 Å². The Balaban J connectivity index is 1.26. The predicted octanol–water partition coefficient (Wildman–Crippen LogP) is 7.52. The normalized spacial score (nSPS) is 9.62. The molecule has 0 fully saturated rings. The van der Waals surface area contributed by atoms with Gasteiger partial charge in [-0.25, -0.2) is 0 Å². The molecule has 0 aliphatic carbocycles. The van der Waals surface area contributed by atoms with Gasteiger partial charge in [0.1, 0.15) is 0 Å². The third-order valence-corrected chi connectivity index (χ3v) is 6.28. The Morgan fingerprint density at radius 1 is 0.286 bits per heavy atom. The Morgan fingerprint density at radius 2 is 0.571 bits per heavy atom. The van der Waals surface area contributed by atoms with Crippen LogP contribution in [0.1, 0.15) is 66.8 Å². The van der Waals surface area contributed by atoms with Crippen LogP contribution in [0.15, 0.2) is 109 Å². The fourth-order valence-corrected chi connectivity index (χ4v) is 3.90. The van der Waals surface area contributed by atoms with Crippen LogP contribution in [0.2, 0.25) is 0 Å². The fourth-order valence-electron chi connectivity index (χ4n) is 3.90. The van der Waals surface area contributed by atoms with Crippen LogP contribution in [0.4, 0.5) is 0 Å². The van der Waals surface area contributed by atoms with Crippen LogP contribution in [0.3, 0.4) is 0 Å². The standard InChI is InChI=1S/C42H22/c1-31-9-5-7-11-39(31)25-21-35-13-17-37(18-14-35)23-27-41-29-34(4)42(30-33(41)3)28-24-38-19-15-36(16-20-38)22-26-40-12-8-6-10-32(40)2/h1-20,29-30H. The first-order valence-electron chi connectivity index (χ1n) is 13.1. The summed E-state index contributed by atoms with van der Waals surface area (Å²) in [7, 11) is 0. The van der Waals surface area contributed by atoms with Gasteiger partial charge in [-0.3, -0.25) is 0 Å². The Bertz CT molecular complexity index is 1860. The van der Waals surface area contributed by atoms with Gasteiger partial charge in [0.25, 0.3) is 0 Å². The molecule has 0 spiro atoms. The van der Waals surface area contributed by atoms with Gasteiger partial charge in [-0.05, 0) is 95.1 Å². The molecule has 0 bridgehead atoms. The molecule has 0 aromatic heterocycles. The van der Waals surface area contributed by atoms with E-state index in [-0.39, 0.29) is 0 Å². The van der Waals surface area contributed by atoms with Gasteiger partial charge in [-0.1, -0.05) is 83.8 Å². The van der Waals surface area contributed by atoms with Gasteiger partial charge in [0.15, 0.2) is 0 Å². The minimum Gasteiger partial charge on any atom is -0.0619 e. The third kappa shape index (κ3) is 7.29. The molecular formula is C42H22. The molecule has 0 amide bonds. The van der Waals surface area contributed by atoms with E-state index >= 15 is 0 Å². The summed E-state index contributed by atoms with van der Waals surface area (Å²) in [5.74, 6) is 25.0. The SMILES string of the molecule is [CH]c1ccccc1C#Cc1ccc(C#Cc2cc([CH])c(C#Cc3ccc(C#Cc4ccccc4[CH])cc3)cc2[CH])cc1. The Labute approximate surface area is 250 Å². The van der Waals surface area contributed by atoms with E-state index in [0.29, 0.717) is 33.4 Å². The molecular weight excluding hydrogens is 504 g/mol. The second-order valence-corrected chi connectivity index (χ2v) is 9.36. The summed E-state index contributed by atoms with van der Waals surface area (Å²) in [5, 5.41) is 0. The molecule has 0 nitrogen and oxygen atoms in total. The minimum atomic E-state index is 0.509. The summed E-state index contributed by atoms with van der Waals surface area (Å²) in [6.07, 6.45) is 0. The molecule has 0 saturated carbocycles. The lowest BCUT2D eigenvalue weighted by molar-refractivity contribution is 1.47. The molecule has 0 saturated heterocycles. The number of hydrogen-bond donors (Lipinski definition) is 0. The number of benzene rings is 5. The molecule has 5 rings (SSSR count). The summed E-state index contributed by atoms with van der Waals surface area (Å²) >= 11 is 0. The van der Waals surface area contributed by atoms with E-state index in [4.69, 9.17) is 27.7 Å². The first-order chi connectivity index (χ1) is 20.4. The zero-order chi connectivity index (χ0) is 29.3. The van der Waals surface area contributed by atoms with Gasteiger partial charge in [0.2, 0.25) is 0 Å². The van der Waals surface area contributed by atoms with E-state index in [1.807, 2.05) is 97.1 Å². The zero-order valence-corrected chi connectivity index (χ0v) is 22.7. The first-order valence-corrected chi connectivity index (χ1v) is 13.1. The highest BCUT2D eigenvalue weighted by molar-refractivity contribution is 5.58. The molecule has 0 N–H and O–H groups in total. The Kier molecular flexibility index (Phi) is 8.72. The summed E-state index contributed by atoms with van der Waals surface area (Å²) in [5.41, 5.74) is 8.64. The lowest BCUT2D eigenvalue weighted by Gasteiger charge is -2.03. The highest BCUT2D eigenvalue weighted by Gasteiger charge is 2.02. The van der Waals surface area contributed by atoms with Crippen molar-refractivity contribution in [2.75, 3.05) is 0 Å². The quantitative estimate of drug-likeness (QED) is 0.183. The van der Waals surface area contributed by atoms with Gasteiger partial charge in [-0.15, -0.1) is 0 Å². The van der Waals surface area contributed by atoms with Crippen molar-refractivity contribution >= 4 is 0 Å². The van der Waals surface area contributed by atoms with Gasteiger partial charge in [0.05, 0.1) is 0 Å². The minimum absolute atomic E-state index is 0.509. The smallest absolute Gasteiger partial charge is 0.0288 e. The molecule has 5 aromatic rings. The number of hydrogen-bond acceptors (Lipinski definition) is 0. The van der Waals surface area contributed by atoms with Crippen LogP contribution >= 0.6 is 0 Å². The molecule has 0 heteroatoms. The van der Waals surface area contributed by atoms with Crippen molar-refractivity contribution < 1.29 is 0 Å². The Hall–Kier alpha value is -5.66. The molecule has 8 radical (unpaired) electrons. The van der Waals surface area contributed by atoms with E-state index in [2.05, 4.69) is 47.4 Å². The van der Waals surface area contributed by atoms with Crippen molar-refractivity contribution in [3.8, 4) is 47.4 Å². The maximum atomic E-state index is 6.29. The largest absolute Gasteiger partial charge is 0.0619 e. The Morgan fingerprint density at radius 3 is 0.881 bits per heavy atom. The summed E-state index contributed by atoms with van der Waals surface area (Å²) in [4.78, 5) is 0. The van der Waals surface area contributed by atoms with Crippen molar-refractivity contribution in [3.63, 3.8) is 0 Å². The molecule has 0 atom stereocenters. The molecule has 0 unspecified atom stereocenters. The highest BCUT2D eigenvalue weighted by atomic mass is 14.0. The molecule has 5 aromatic carbocycles. The van der Waals surface area contributed by atoms with E-state index in [9.17, 15) is 0 Å². The molecule has 0 aliphatic rings. The lowest BCUT2D eigenvalue weighted by atomic mass is 9.99. The van der Waals surface area contributed by atoms with E-state index < -0.39 is 0 Å².